The molecule has 2 aromatic rings. The van der Waals surface area contributed by atoms with Gasteiger partial charge in [0.25, 0.3) is 0 Å². The Morgan fingerprint density at radius 2 is 2.38 bits per heavy atom. The molecule has 1 aromatic carbocycles. The number of aromatic nitrogens is 2. The second kappa shape index (κ2) is 4.14. The molecule has 1 aromatic heterocycles. The van der Waals surface area contributed by atoms with Crippen LogP contribution in [0, 0.1) is 6.92 Å². The topological polar surface area (TPSA) is 57.8 Å². The molecule has 0 saturated carbocycles. The smallest absolute Gasteiger partial charge is 0.217 e. The van der Waals surface area contributed by atoms with Crippen molar-refractivity contribution < 1.29 is 4.79 Å². The van der Waals surface area contributed by atoms with E-state index in [-0.39, 0.29) is 5.91 Å². The minimum absolute atomic E-state index is 0.0793. The van der Waals surface area contributed by atoms with Gasteiger partial charge >= 0.3 is 0 Å². The monoisotopic (exact) mass is 237 g/mol. The molecule has 0 spiro atoms. The van der Waals surface area contributed by atoms with Crippen LogP contribution in [0.4, 0.5) is 0 Å². The molecule has 0 radical (unpaired) electrons. The van der Waals surface area contributed by atoms with E-state index in [1.807, 2.05) is 13.0 Å². The van der Waals surface area contributed by atoms with Gasteiger partial charge in [-0.2, -0.15) is 0 Å². The molecule has 84 valence electrons. The van der Waals surface area contributed by atoms with Gasteiger partial charge in [-0.1, -0.05) is 11.6 Å². The number of hydrogen-bond donors (Lipinski definition) is 2. The van der Waals surface area contributed by atoms with E-state index in [9.17, 15) is 4.79 Å². The van der Waals surface area contributed by atoms with E-state index >= 15 is 0 Å². The lowest BCUT2D eigenvalue weighted by atomic mass is 10.1. The van der Waals surface area contributed by atoms with Gasteiger partial charge in [-0.25, -0.2) is 4.98 Å². The SMILES string of the molecule is CC(=O)NCc1c(Cl)cc(C)c2nc[nH]c12. The number of nitrogens with zero attached hydrogens (tertiary/aromatic N) is 1. The summed E-state index contributed by atoms with van der Waals surface area (Å²) in [6, 6.07) is 1.86. The van der Waals surface area contributed by atoms with Crippen LogP contribution in [0.5, 0.6) is 0 Å². The average Bonchev–Trinajstić information content (AvgIpc) is 2.65. The predicted octanol–water partition coefficient (Wildman–Crippen LogP) is 2.16. The molecule has 0 aliphatic carbocycles. The van der Waals surface area contributed by atoms with Gasteiger partial charge in [0, 0.05) is 24.1 Å². The first-order valence-electron chi connectivity index (χ1n) is 4.95. The van der Waals surface area contributed by atoms with E-state index in [1.54, 1.807) is 6.33 Å². The highest BCUT2D eigenvalue weighted by atomic mass is 35.5. The number of aryl methyl sites for hydroxylation is 1. The van der Waals surface area contributed by atoms with Gasteiger partial charge in [-0.05, 0) is 18.6 Å². The van der Waals surface area contributed by atoms with E-state index < -0.39 is 0 Å². The van der Waals surface area contributed by atoms with Crippen molar-refractivity contribution in [3.63, 3.8) is 0 Å². The zero-order valence-electron chi connectivity index (χ0n) is 9.10. The van der Waals surface area contributed by atoms with Gasteiger partial charge in [0.2, 0.25) is 5.91 Å². The number of halogens is 1. The van der Waals surface area contributed by atoms with Crippen molar-refractivity contribution in [2.75, 3.05) is 0 Å². The predicted molar refractivity (Wildman–Crippen MR) is 63.4 cm³/mol. The lowest BCUT2D eigenvalue weighted by Gasteiger charge is -2.08. The van der Waals surface area contributed by atoms with E-state index in [0.717, 1.165) is 22.2 Å². The summed E-state index contributed by atoms with van der Waals surface area (Å²) in [5, 5.41) is 3.37. The van der Waals surface area contributed by atoms with Crippen molar-refractivity contribution in [1.29, 1.82) is 0 Å². The van der Waals surface area contributed by atoms with Gasteiger partial charge in [-0.15, -0.1) is 0 Å². The van der Waals surface area contributed by atoms with Crippen molar-refractivity contribution in [1.82, 2.24) is 15.3 Å². The minimum atomic E-state index is -0.0793. The van der Waals surface area contributed by atoms with Crippen LogP contribution in [0.25, 0.3) is 11.0 Å². The highest BCUT2D eigenvalue weighted by Crippen LogP contribution is 2.26. The number of carbonyl (C=O) groups excluding carboxylic acids is 1. The molecular formula is C11H12ClN3O. The third-order valence-corrected chi connectivity index (χ3v) is 2.80. The number of amides is 1. The van der Waals surface area contributed by atoms with Crippen LogP contribution in [0.1, 0.15) is 18.1 Å². The summed E-state index contributed by atoms with van der Waals surface area (Å²) in [5.74, 6) is -0.0793. The maximum atomic E-state index is 10.9. The molecule has 0 atom stereocenters. The maximum absolute atomic E-state index is 10.9. The highest BCUT2D eigenvalue weighted by molar-refractivity contribution is 6.32. The number of hydrogen-bond acceptors (Lipinski definition) is 2. The number of rotatable bonds is 2. The Labute approximate surface area is 98.0 Å². The third kappa shape index (κ3) is 1.88. The second-order valence-corrected chi connectivity index (χ2v) is 4.10. The van der Waals surface area contributed by atoms with E-state index in [4.69, 9.17) is 11.6 Å². The van der Waals surface area contributed by atoms with Gasteiger partial charge in [0.15, 0.2) is 0 Å². The Kier molecular flexibility index (Phi) is 2.83. The first-order valence-corrected chi connectivity index (χ1v) is 5.33. The number of benzene rings is 1. The molecule has 0 unspecified atom stereocenters. The summed E-state index contributed by atoms with van der Waals surface area (Å²) in [7, 11) is 0. The molecule has 1 amide bonds. The Hall–Kier alpha value is -1.55. The van der Waals surface area contributed by atoms with Crippen LogP contribution in [0.15, 0.2) is 12.4 Å². The number of aromatic amines is 1. The first-order chi connectivity index (χ1) is 7.59. The molecule has 0 bridgehead atoms. The lowest BCUT2D eigenvalue weighted by Crippen LogP contribution is -2.19. The normalized spacial score (nSPS) is 10.7. The number of fused-ring (bicyclic) bond motifs is 1. The van der Waals surface area contributed by atoms with Crippen molar-refractivity contribution >= 4 is 28.5 Å². The van der Waals surface area contributed by atoms with E-state index in [1.165, 1.54) is 6.92 Å². The lowest BCUT2D eigenvalue weighted by molar-refractivity contribution is -0.119. The summed E-state index contributed by atoms with van der Waals surface area (Å²) >= 11 is 6.15. The summed E-state index contributed by atoms with van der Waals surface area (Å²) in [4.78, 5) is 18.2. The molecule has 1 heterocycles. The molecule has 0 fully saturated rings. The van der Waals surface area contributed by atoms with Crippen LogP contribution in [0.2, 0.25) is 5.02 Å². The fraction of sp³-hybridized carbons (Fsp3) is 0.273. The van der Waals surface area contributed by atoms with Gasteiger partial charge in [0.1, 0.15) is 0 Å². The highest BCUT2D eigenvalue weighted by Gasteiger charge is 2.11. The summed E-state index contributed by atoms with van der Waals surface area (Å²) in [6.45, 7) is 3.84. The van der Waals surface area contributed by atoms with Crippen molar-refractivity contribution in [2.45, 2.75) is 20.4 Å². The zero-order valence-corrected chi connectivity index (χ0v) is 9.85. The molecule has 0 aliphatic rings. The fourth-order valence-electron chi connectivity index (χ4n) is 1.67. The summed E-state index contributed by atoms with van der Waals surface area (Å²) in [5.41, 5.74) is 3.67. The molecule has 0 saturated heterocycles. The molecular weight excluding hydrogens is 226 g/mol. The molecule has 2 rings (SSSR count). The third-order valence-electron chi connectivity index (χ3n) is 2.46. The summed E-state index contributed by atoms with van der Waals surface area (Å²) < 4.78 is 0. The molecule has 2 N–H and O–H groups in total. The zero-order chi connectivity index (χ0) is 11.7. The van der Waals surface area contributed by atoms with Crippen molar-refractivity contribution in [3.8, 4) is 0 Å². The number of imidazole rings is 1. The quantitative estimate of drug-likeness (QED) is 0.841. The molecule has 0 aliphatic heterocycles. The Morgan fingerprint density at radius 3 is 3.06 bits per heavy atom. The van der Waals surface area contributed by atoms with Crippen LogP contribution in [-0.4, -0.2) is 15.9 Å². The van der Waals surface area contributed by atoms with E-state index in [2.05, 4.69) is 15.3 Å². The fourth-order valence-corrected chi connectivity index (χ4v) is 2.00. The molecule has 16 heavy (non-hydrogen) atoms. The molecule has 5 heteroatoms. The Balaban J connectivity index is 2.50. The summed E-state index contributed by atoms with van der Waals surface area (Å²) in [6.07, 6.45) is 1.63. The number of H-pyrrole nitrogens is 1. The number of nitrogens with one attached hydrogen (secondary N) is 2. The van der Waals surface area contributed by atoms with Gasteiger partial charge in [-0.3, -0.25) is 4.79 Å². The average molecular weight is 238 g/mol. The van der Waals surface area contributed by atoms with Crippen LogP contribution in [0.3, 0.4) is 0 Å². The van der Waals surface area contributed by atoms with Gasteiger partial charge < -0.3 is 10.3 Å². The first kappa shape index (κ1) is 11.0. The van der Waals surface area contributed by atoms with Crippen LogP contribution in [-0.2, 0) is 11.3 Å². The number of carbonyl (C=O) groups is 1. The standard InChI is InChI=1S/C11H12ClN3O/c1-6-3-9(12)8(4-13-7(2)16)11-10(6)14-5-15-11/h3,5H,4H2,1-2H3,(H,13,16)(H,14,15). The van der Waals surface area contributed by atoms with Crippen LogP contribution >= 0.6 is 11.6 Å². The minimum Gasteiger partial charge on any atom is -0.352 e. The maximum Gasteiger partial charge on any atom is 0.217 e. The van der Waals surface area contributed by atoms with Crippen LogP contribution < -0.4 is 5.32 Å². The van der Waals surface area contributed by atoms with E-state index in [0.29, 0.717) is 11.6 Å². The molecule has 4 nitrogen and oxygen atoms in total. The van der Waals surface area contributed by atoms with Crippen molar-refractivity contribution in [2.24, 2.45) is 0 Å². The Morgan fingerprint density at radius 1 is 1.62 bits per heavy atom. The van der Waals surface area contributed by atoms with Crippen molar-refractivity contribution in [3.05, 3.63) is 28.5 Å². The Bertz CT molecular complexity index is 547. The largest absolute Gasteiger partial charge is 0.352 e. The van der Waals surface area contributed by atoms with Gasteiger partial charge in [0.05, 0.1) is 17.4 Å². The second-order valence-electron chi connectivity index (χ2n) is 3.69.